The van der Waals surface area contributed by atoms with Gasteiger partial charge in [0, 0.05) is 36.8 Å². The Bertz CT molecular complexity index is 1570. The van der Waals surface area contributed by atoms with E-state index in [4.69, 9.17) is 21.3 Å². The second-order valence-corrected chi connectivity index (χ2v) is 9.76. The number of benzene rings is 2. The van der Waals surface area contributed by atoms with E-state index in [0.717, 1.165) is 35.4 Å². The van der Waals surface area contributed by atoms with Gasteiger partial charge in [-0.15, -0.1) is 0 Å². The maximum atomic E-state index is 14.5. The van der Waals surface area contributed by atoms with Crippen molar-refractivity contribution in [2.75, 3.05) is 20.1 Å². The highest BCUT2D eigenvalue weighted by Gasteiger charge is 2.28. The molecule has 1 aliphatic heterocycles. The van der Waals surface area contributed by atoms with Crippen LogP contribution in [0.4, 0.5) is 4.39 Å². The molecule has 8 nitrogen and oxygen atoms in total. The number of imidazole rings is 1. The predicted molar refractivity (Wildman–Crippen MR) is 137 cm³/mol. The van der Waals surface area contributed by atoms with Crippen molar-refractivity contribution in [3.05, 3.63) is 59.8 Å². The number of rotatable bonds is 5. The van der Waals surface area contributed by atoms with Crippen LogP contribution in [0.2, 0.25) is 5.02 Å². The van der Waals surface area contributed by atoms with Gasteiger partial charge < -0.3 is 14.6 Å². The van der Waals surface area contributed by atoms with Gasteiger partial charge in [0.2, 0.25) is 0 Å². The first kappa shape index (κ1) is 22.9. The minimum atomic E-state index is -0.855. The lowest BCUT2D eigenvalue weighted by atomic mass is 9.95. The molecule has 6 rings (SSSR count). The average Bonchev–Trinajstić information content (AvgIpc) is 3.48. The molecule has 10 heteroatoms. The lowest BCUT2D eigenvalue weighted by Crippen LogP contribution is -2.41. The number of aromatic nitrogens is 6. The predicted octanol–water partition coefficient (Wildman–Crippen LogP) is 5.41. The number of halogens is 2. The Kier molecular flexibility index (Phi) is 5.81. The number of likely N-dealkylation sites (tertiary alicyclic amines) is 1. The number of fused-ring (bicyclic) bond motifs is 2. The highest BCUT2D eigenvalue weighted by atomic mass is 35.5. The van der Waals surface area contributed by atoms with E-state index in [0.29, 0.717) is 46.3 Å². The summed E-state index contributed by atoms with van der Waals surface area (Å²) in [5, 5.41) is 4.82. The Hall–Kier alpha value is -3.56. The van der Waals surface area contributed by atoms with Gasteiger partial charge >= 0.3 is 0 Å². The molecule has 1 saturated heterocycles. The van der Waals surface area contributed by atoms with Crippen molar-refractivity contribution in [2.45, 2.75) is 26.1 Å². The lowest BCUT2D eigenvalue weighted by Gasteiger charge is -2.32. The summed E-state index contributed by atoms with van der Waals surface area (Å²) in [6.07, 6.45) is 5.27. The van der Waals surface area contributed by atoms with Crippen LogP contribution in [-0.2, 0) is 6.54 Å². The van der Waals surface area contributed by atoms with E-state index in [1.54, 1.807) is 23.1 Å². The van der Waals surface area contributed by atoms with Gasteiger partial charge in [-0.2, -0.15) is 5.10 Å². The largest absolute Gasteiger partial charge is 0.456 e. The third kappa shape index (κ3) is 4.40. The van der Waals surface area contributed by atoms with Gasteiger partial charge in [0.15, 0.2) is 0 Å². The number of nitrogens with zero attached hydrogens (tertiary/aromatic N) is 6. The number of piperidine rings is 1. The zero-order valence-corrected chi connectivity index (χ0v) is 20.7. The molecule has 0 spiro atoms. The van der Waals surface area contributed by atoms with Gasteiger partial charge in [-0.3, -0.25) is 9.67 Å². The van der Waals surface area contributed by atoms with Crippen molar-refractivity contribution in [3.63, 3.8) is 0 Å². The van der Waals surface area contributed by atoms with E-state index in [1.807, 2.05) is 49.3 Å². The van der Waals surface area contributed by atoms with E-state index in [2.05, 4.69) is 20.1 Å². The number of hydrogen-bond acceptors (Lipinski definition) is 6. The Morgan fingerprint density at radius 3 is 2.89 bits per heavy atom. The number of ether oxygens (including phenoxy) is 1. The Morgan fingerprint density at radius 2 is 2.03 bits per heavy atom. The van der Waals surface area contributed by atoms with Gasteiger partial charge in [-0.05, 0) is 51.2 Å². The second-order valence-electron chi connectivity index (χ2n) is 9.38. The molecule has 5 aromatic rings. The second kappa shape index (κ2) is 9.15. The zero-order chi connectivity index (χ0) is 24.8. The molecule has 1 N–H and O–H groups in total. The molecular formula is C26H25ClFN7O. The van der Waals surface area contributed by atoms with Crippen LogP contribution in [0.15, 0.2) is 48.9 Å². The highest BCUT2D eigenvalue weighted by molar-refractivity contribution is 6.36. The number of aryl methyl sites for hydroxylation is 1. The van der Waals surface area contributed by atoms with E-state index >= 15 is 0 Å². The topological polar surface area (TPSA) is 84.8 Å². The van der Waals surface area contributed by atoms with E-state index in [-0.39, 0.29) is 5.92 Å². The molecule has 0 aliphatic carbocycles. The molecule has 36 heavy (non-hydrogen) atoms. The van der Waals surface area contributed by atoms with Gasteiger partial charge in [0.05, 0.1) is 34.6 Å². The zero-order valence-electron chi connectivity index (χ0n) is 19.9. The van der Waals surface area contributed by atoms with Crippen LogP contribution in [-0.4, -0.2) is 60.9 Å². The number of alkyl halides is 1. The smallest absolute Gasteiger partial charge is 0.148 e. The van der Waals surface area contributed by atoms with Crippen LogP contribution in [0.25, 0.3) is 33.3 Å². The average molecular weight is 506 g/mol. The molecule has 2 atom stereocenters. The molecular weight excluding hydrogens is 481 g/mol. The Labute approximate surface area is 212 Å². The molecule has 184 valence electrons. The third-order valence-electron chi connectivity index (χ3n) is 6.65. The normalized spacial score (nSPS) is 18.8. The van der Waals surface area contributed by atoms with E-state index in [9.17, 15) is 4.39 Å². The minimum Gasteiger partial charge on any atom is -0.456 e. The highest BCUT2D eigenvalue weighted by Crippen LogP contribution is 2.35. The van der Waals surface area contributed by atoms with E-state index in [1.165, 1.54) is 0 Å². The van der Waals surface area contributed by atoms with Crippen molar-refractivity contribution in [2.24, 2.45) is 5.92 Å². The molecule has 0 saturated carbocycles. The fraction of sp³-hybridized carbons (Fsp3) is 0.308. The van der Waals surface area contributed by atoms with Crippen molar-refractivity contribution in [3.8, 4) is 22.8 Å². The first-order chi connectivity index (χ1) is 17.4. The number of hydrogen-bond donors (Lipinski definition) is 1. The lowest BCUT2D eigenvalue weighted by molar-refractivity contribution is 0.0897. The Balaban J connectivity index is 1.25. The minimum absolute atomic E-state index is 0.0457. The monoisotopic (exact) mass is 505 g/mol. The summed E-state index contributed by atoms with van der Waals surface area (Å²) in [5.41, 5.74) is 4.41. The fourth-order valence-electron chi connectivity index (χ4n) is 4.70. The van der Waals surface area contributed by atoms with Crippen LogP contribution in [0, 0.1) is 12.8 Å². The summed E-state index contributed by atoms with van der Waals surface area (Å²) in [7, 11) is 1.95. The maximum absolute atomic E-state index is 14.5. The van der Waals surface area contributed by atoms with Gasteiger partial charge in [0.25, 0.3) is 0 Å². The molecule has 1 fully saturated rings. The summed E-state index contributed by atoms with van der Waals surface area (Å²) in [6, 6.07) is 9.26. The summed E-state index contributed by atoms with van der Waals surface area (Å²) in [4.78, 5) is 19.0. The van der Waals surface area contributed by atoms with Crippen LogP contribution >= 0.6 is 11.6 Å². The van der Waals surface area contributed by atoms with E-state index < -0.39 is 6.17 Å². The molecule has 0 radical (unpaired) electrons. The number of H-pyrrole nitrogens is 1. The summed E-state index contributed by atoms with van der Waals surface area (Å²) < 4.78 is 22.3. The summed E-state index contributed by atoms with van der Waals surface area (Å²) >= 11 is 6.72. The summed E-state index contributed by atoms with van der Waals surface area (Å²) in [6.45, 7) is 3.81. The maximum Gasteiger partial charge on any atom is 0.148 e. The van der Waals surface area contributed by atoms with Gasteiger partial charge in [0.1, 0.15) is 34.0 Å². The molecule has 3 aromatic heterocycles. The first-order valence-electron chi connectivity index (χ1n) is 11.9. The first-order valence-corrected chi connectivity index (χ1v) is 12.3. The molecule has 0 unspecified atom stereocenters. The molecule has 2 aromatic carbocycles. The van der Waals surface area contributed by atoms with Crippen LogP contribution in [0.3, 0.4) is 0 Å². The van der Waals surface area contributed by atoms with Crippen molar-refractivity contribution in [1.29, 1.82) is 0 Å². The number of nitrogens with one attached hydrogen (secondary N) is 1. The van der Waals surface area contributed by atoms with Crippen LogP contribution in [0.5, 0.6) is 11.5 Å². The molecule has 0 amide bonds. The fourth-order valence-corrected chi connectivity index (χ4v) is 4.94. The Morgan fingerprint density at radius 1 is 1.17 bits per heavy atom. The molecule has 1 aliphatic rings. The van der Waals surface area contributed by atoms with Crippen molar-refractivity contribution in [1.82, 2.24) is 34.6 Å². The molecule has 0 bridgehead atoms. The standard InChI is InChI=1S/C26H25ClFN7O/c1-15-31-20-4-3-18(9-22(20)32-15)36-24-6-5-21-26(25(24)27)33-23(11-29-21)17-10-30-35(13-17)12-16-7-8-34(2)14-19(16)28/h3-6,9-11,13,16,19H,7-8,12,14H2,1-2H3,(H,31,32)/t16-,19-/m1/s1. The quantitative estimate of drug-likeness (QED) is 0.343. The van der Waals surface area contributed by atoms with Gasteiger partial charge in [-0.1, -0.05) is 11.6 Å². The van der Waals surface area contributed by atoms with Crippen LogP contribution < -0.4 is 4.74 Å². The summed E-state index contributed by atoms with van der Waals surface area (Å²) in [5.74, 6) is 1.92. The number of aromatic amines is 1. The van der Waals surface area contributed by atoms with Crippen molar-refractivity contribution < 1.29 is 9.13 Å². The molecule has 4 heterocycles. The SMILES string of the molecule is Cc1nc2ccc(Oc3ccc4ncc(-c5cnn(C[C@H]6CCN(C)C[C@H]6F)c5)nc4c3Cl)cc2[nH]1. The van der Waals surface area contributed by atoms with Crippen LogP contribution in [0.1, 0.15) is 12.2 Å². The third-order valence-corrected chi connectivity index (χ3v) is 7.01. The van der Waals surface area contributed by atoms with Crippen molar-refractivity contribution >= 4 is 33.7 Å². The van der Waals surface area contributed by atoms with Gasteiger partial charge in [-0.25, -0.2) is 14.4 Å².